The number of guanidine groups is 1. The van der Waals surface area contributed by atoms with Gasteiger partial charge in [-0.3, -0.25) is 68.1 Å². The van der Waals surface area contributed by atoms with E-state index in [1.54, 1.807) is 87.2 Å². The lowest BCUT2D eigenvalue weighted by atomic mass is 9.90. The molecule has 0 radical (unpaired) electrons. The number of urea groups is 1. The van der Waals surface area contributed by atoms with E-state index >= 15 is 0 Å². The van der Waals surface area contributed by atoms with Crippen molar-refractivity contribution in [3.63, 3.8) is 0 Å². The number of carboxylic acids is 3. The van der Waals surface area contributed by atoms with Gasteiger partial charge >= 0.3 is 23.9 Å². The number of ether oxygens (including phenoxy) is 1. The number of phenols is 1. The first-order valence-electron chi connectivity index (χ1n) is 31.0. The highest BCUT2D eigenvalue weighted by Gasteiger charge is 2.30. The molecule has 5 rings (SSSR count). The molecular weight excluding hydrogens is 1220 g/mol. The first-order valence-corrected chi connectivity index (χ1v) is 31.0. The van der Waals surface area contributed by atoms with Gasteiger partial charge in [0.05, 0.1) is 32.2 Å². The molecule has 0 bridgehead atoms. The molecule has 32 nitrogen and oxygen atoms in total. The van der Waals surface area contributed by atoms with E-state index in [9.17, 15) is 73.2 Å². The van der Waals surface area contributed by atoms with Crippen molar-refractivity contribution in [2.24, 2.45) is 16.5 Å². The van der Waals surface area contributed by atoms with Crippen LogP contribution in [-0.2, 0) is 44.9 Å². The average Bonchev–Trinajstić information content (AvgIpc) is 0.793. The van der Waals surface area contributed by atoms with E-state index in [2.05, 4.69) is 52.8 Å². The molecule has 1 saturated heterocycles. The summed E-state index contributed by atoms with van der Waals surface area (Å²) in [6, 6.07) is 19.4. The standard InChI is InChI=1S/C62H88N16O16/c1-2-49(81)65-21-24-70-62(93)74-61(64)69-20-9-14-46(58(90)71-36-41-15-17-44(80)18-16-41)73-60(92)53(42-10-4-3-5-11-42)43-12-8-13-45(34-43)94-33-7-6-19-66-54-55(57(89)56(54)88)67-22-23-68-59(91)47(35-63)72-48(40-79)78-31-29-76(38-51(84)85)27-25-75(37-50(82)83)26-28-77(30-32-78)39-52(86)87/h3-5,8,10-13,15-18,34,40,46-48,53,66-67,72,80H,2,6-7,9,14,19-33,35-39,63H2,1H3,(H,65,81)(H,68,91)(H,71,90)(H,73,92)(H,82,83)(H,84,85)(H,86,87)(H4,64,69,70,74,93)/t46-,47-,48?,53+/m1/s1. The molecule has 32 heteroatoms. The van der Waals surface area contributed by atoms with E-state index in [1.165, 1.54) is 12.1 Å². The van der Waals surface area contributed by atoms with Gasteiger partial charge in [-0.25, -0.2) is 4.79 Å². The number of amides is 6. The molecule has 0 aliphatic carbocycles. The number of unbranched alkanes of at least 4 members (excludes halogenated alkanes) is 1. The summed E-state index contributed by atoms with van der Waals surface area (Å²) < 4.78 is 6.13. The third-order valence-corrected chi connectivity index (χ3v) is 15.0. The molecule has 0 aromatic heterocycles. The number of phenolic OH excluding ortho intramolecular Hbond substituents is 1. The van der Waals surface area contributed by atoms with Crippen LogP contribution in [0.1, 0.15) is 61.6 Å². The van der Waals surface area contributed by atoms with Crippen LogP contribution in [0.3, 0.4) is 0 Å². The highest BCUT2D eigenvalue weighted by Crippen LogP contribution is 2.29. The zero-order chi connectivity index (χ0) is 68.4. The maximum Gasteiger partial charge on any atom is 0.344 e. The molecule has 4 aromatic rings. The van der Waals surface area contributed by atoms with Crippen LogP contribution < -0.4 is 74.9 Å². The normalized spacial score (nSPS) is 15.1. The van der Waals surface area contributed by atoms with Crippen LogP contribution in [0.2, 0.25) is 0 Å². The lowest BCUT2D eigenvalue weighted by molar-refractivity contribution is -0.140. The van der Waals surface area contributed by atoms with Gasteiger partial charge in [0.15, 0.2) is 12.2 Å². The number of aldehydes is 1. The number of carbonyl (C=O) groups excluding carboxylic acids is 6. The first-order chi connectivity index (χ1) is 45.2. The van der Waals surface area contributed by atoms with Gasteiger partial charge in [0.25, 0.3) is 10.9 Å². The van der Waals surface area contributed by atoms with Crippen molar-refractivity contribution in [1.29, 1.82) is 0 Å². The molecule has 1 heterocycles. The number of anilines is 2. The summed E-state index contributed by atoms with van der Waals surface area (Å²) in [7, 11) is 0. The highest BCUT2D eigenvalue weighted by molar-refractivity contribution is 5.93. The lowest BCUT2D eigenvalue weighted by Gasteiger charge is -2.36. The number of nitrogens with two attached hydrogens (primary N) is 2. The van der Waals surface area contributed by atoms with Crippen LogP contribution in [0, 0.1) is 0 Å². The zero-order valence-corrected chi connectivity index (χ0v) is 52.6. The molecule has 94 heavy (non-hydrogen) atoms. The molecule has 4 aromatic carbocycles. The van der Waals surface area contributed by atoms with Crippen molar-refractivity contribution in [3.8, 4) is 11.5 Å². The molecular formula is C62H88N16O16. The van der Waals surface area contributed by atoms with E-state index < -0.39 is 76.7 Å². The van der Waals surface area contributed by atoms with Gasteiger partial charge in [-0.1, -0.05) is 61.5 Å². The second-order valence-corrected chi connectivity index (χ2v) is 22.1. The fourth-order valence-corrected chi connectivity index (χ4v) is 10.0. The van der Waals surface area contributed by atoms with E-state index in [0.29, 0.717) is 54.4 Å². The van der Waals surface area contributed by atoms with Crippen molar-refractivity contribution >= 4 is 71.2 Å². The summed E-state index contributed by atoms with van der Waals surface area (Å²) in [6.45, 7) is 2.64. The van der Waals surface area contributed by atoms with Crippen molar-refractivity contribution in [2.45, 2.75) is 69.7 Å². The topological polar surface area (TPSA) is 464 Å². The highest BCUT2D eigenvalue weighted by atomic mass is 16.5. The maximum absolute atomic E-state index is 14.5. The number of carboxylic acid groups (broad SMARTS) is 3. The fourth-order valence-electron chi connectivity index (χ4n) is 10.0. The number of aliphatic carboxylic acids is 3. The molecule has 1 unspecified atom stereocenters. The summed E-state index contributed by atoms with van der Waals surface area (Å²) in [5.41, 5.74) is 12.5. The van der Waals surface area contributed by atoms with Gasteiger partial charge in [-0.05, 0) is 66.6 Å². The smallest absolute Gasteiger partial charge is 0.344 e. The monoisotopic (exact) mass is 1310 g/mol. The van der Waals surface area contributed by atoms with Crippen molar-refractivity contribution in [1.82, 2.24) is 56.8 Å². The number of aliphatic imine (C=N–C) groups is 1. The van der Waals surface area contributed by atoms with E-state index in [4.69, 9.17) is 16.2 Å². The second kappa shape index (κ2) is 40.4. The Labute approximate surface area is 543 Å². The van der Waals surface area contributed by atoms with Crippen LogP contribution >= 0.6 is 0 Å². The van der Waals surface area contributed by atoms with E-state index in [0.717, 1.165) is 0 Å². The van der Waals surface area contributed by atoms with Gasteiger partial charge in [-0.2, -0.15) is 4.99 Å². The van der Waals surface area contributed by atoms with Crippen molar-refractivity contribution in [2.75, 3.05) is 135 Å². The molecule has 0 spiro atoms. The van der Waals surface area contributed by atoms with Crippen molar-refractivity contribution < 1.29 is 68.3 Å². The van der Waals surface area contributed by atoms with Crippen LogP contribution in [0.15, 0.2) is 93.4 Å². The van der Waals surface area contributed by atoms with Crippen LogP contribution in [-0.4, -0.2) is 243 Å². The maximum atomic E-state index is 14.5. The van der Waals surface area contributed by atoms with E-state index in [-0.39, 0.29) is 166 Å². The number of aromatic hydroxyl groups is 1. The Bertz CT molecular complexity index is 3190. The summed E-state index contributed by atoms with van der Waals surface area (Å²) in [5, 5.41) is 63.8. The Kier molecular flexibility index (Phi) is 32.3. The molecule has 1 fully saturated rings. The number of rotatable bonds is 38. The average molecular weight is 1310 g/mol. The largest absolute Gasteiger partial charge is 0.508 e. The summed E-state index contributed by atoms with van der Waals surface area (Å²) in [5.74, 6) is -5.60. The summed E-state index contributed by atoms with van der Waals surface area (Å²) >= 11 is 0. The Morgan fingerprint density at radius 1 is 0.617 bits per heavy atom. The molecule has 1 aliphatic rings. The summed E-state index contributed by atoms with van der Waals surface area (Å²) in [4.78, 5) is 149. The van der Waals surface area contributed by atoms with Gasteiger partial charge in [-0.15, -0.1) is 0 Å². The number of hydrogen-bond donors (Lipinski definition) is 15. The minimum absolute atomic E-state index is 0.0189. The minimum Gasteiger partial charge on any atom is -0.508 e. The molecule has 0 saturated carbocycles. The Morgan fingerprint density at radius 2 is 1.18 bits per heavy atom. The third-order valence-electron chi connectivity index (χ3n) is 15.0. The minimum atomic E-state index is -1.13. The van der Waals surface area contributed by atoms with Gasteiger partial charge < -0.3 is 84.0 Å². The quantitative estimate of drug-likeness (QED) is 0.00729. The van der Waals surface area contributed by atoms with Gasteiger partial charge in [0, 0.05) is 111 Å². The number of carbonyl (C=O) groups is 9. The number of nitrogens with one attached hydrogen (secondary N) is 9. The predicted molar refractivity (Wildman–Crippen MR) is 348 cm³/mol. The molecule has 512 valence electrons. The Balaban J connectivity index is 1.12. The molecule has 17 N–H and O–H groups in total. The summed E-state index contributed by atoms with van der Waals surface area (Å²) in [6.07, 6.45) is 1.19. The number of hydrogen-bond acceptors (Lipinski definition) is 21. The lowest BCUT2D eigenvalue weighted by Crippen LogP contribution is -2.60. The Hall–Kier alpha value is -9.60. The molecule has 1 aliphatic heterocycles. The van der Waals surface area contributed by atoms with Crippen molar-refractivity contribution in [3.05, 3.63) is 116 Å². The zero-order valence-electron chi connectivity index (χ0n) is 52.6. The number of benzene rings is 3. The van der Waals surface area contributed by atoms with Crippen LogP contribution in [0.4, 0.5) is 16.2 Å². The molecule has 6 amide bonds. The first kappa shape index (κ1) is 75.1. The fraction of sp³-hybridized carbons (Fsp3) is 0.484. The predicted octanol–water partition coefficient (Wildman–Crippen LogP) is -2.44. The number of nitrogens with zero attached hydrogens (tertiary/aromatic N) is 5. The van der Waals surface area contributed by atoms with Gasteiger partial charge in [0.2, 0.25) is 23.6 Å². The Morgan fingerprint density at radius 3 is 1.77 bits per heavy atom. The SMILES string of the molecule is CCC(=O)NCCNC(=O)/N=C(/N)NCCC[C@@H](NC(=O)[C@@H](c1ccccc1)c1cccc(OCCCCNc2c(NCCNC(=O)[C@@H](CN)NC(C=O)N3CCN(CC(=O)O)CCN(CC(=O)O)CCN(CC(=O)O)CC3)c(=O)c2=O)c1)C(=O)NCc1ccc(O)cc1. The van der Waals surface area contributed by atoms with Gasteiger partial charge in [0.1, 0.15) is 41.1 Å². The molecule has 4 atom stereocenters. The third kappa shape index (κ3) is 26.6. The van der Waals surface area contributed by atoms with Crippen LogP contribution in [0.5, 0.6) is 11.5 Å². The van der Waals surface area contributed by atoms with E-state index in [1.807, 2.05) is 6.07 Å². The van der Waals surface area contributed by atoms with Crippen LogP contribution in [0.25, 0.3) is 0 Å². The second-order valence-electron chi connectivity index (χ2n) is 22.1.